The number of imide groups is 1. The van der Waals surface area contributed by atoms with Crippen molar-refractivity contribution in [2.45, 2.75) is 116 Å². The highest BCUT2D eigenvalue weighted by atomic mass is 32.2. The fraction of sp³-hybridized carbons (Fsp3) is 0.512. The fourth-order valence-corrected chi connectivity index (χ4v) is 10.9. The van der Waals surface area contributed by atoms with Gasteiger partial charge in [-0.2, -0.15) is 0 Å². The first-order chi connectivity index (χ1) is 24.0. The number of carbonyl (C=O) groups excluding carboxylic acids is 2. The topological polar surface area (TPSA) is 111 Å². The smallest absolute Gasteiger partial charge is 0.417 e. The minimum absolute atomic E-state index is 0.000167. The SMILES string of the molecule is C[C@H]1CC[C@H]2C(C)(C)[C@@H](NS(=O)(=O)c3ccccc3)CC[C@]23Oc2c(c(OCc4ccccc4)cc4c2CN(C(=O)OC(C)(C)C)C4=O)C[C@]13C. The third-order valence-corrected chi connectivity index (χ3v) is 13.9. The van der Waals surface area contributed by atoms with Gasteiger partial charge in [-0.3, -0.25) is 4.79 Å². The Morgan fingerprint density at radius 1 is 0.980 bits per heavy atom. The van der Waals surface area contributed by atoms with Gasteiger partial charge in [-0.25, -0.2) is 22.8 Å². The van der Waals surface area contributed by atoms with Crippen molar-refractivity contribution in [3.8, 4) is 11.5 Å². The minimum Gasteiger partial charge on any atom is -0.488 e. The summed E-state index contributed by atoms with van der Waals surface area (Å²) >= 11 is 0. The van der Waals surface area contributed by atoms with Gasteiger partial charge in [0.05, 0.1) is 17.0 Å². The van der Waals surface area contributed by atoms with Gasteiger partial charge in [0.2, 0.25) is 10.0 Å². The molecule has 4 aliphatic rings. The van der Waals surface area contributed by atoms with Crippen molar-refractivity contribution in [3.63, 3.8) is 0 Å². The molecule has 2 fully saturated rings. The maximum atomic E-state index is 14.0. The molecule has 9 nitrogen and oxygen atoms in total. The Kier molecular flexibility index (Phi) is 8.61. The van der Waals surface area contributed by atoms with E-state index in [9.17, 15) is 18.0 Å². The third kappa shape index (κ3) is 5.92. The molecule has 5 atom stereocenters. The maximum absolute atomic E-state index is 14.0. The Balaban J connectivity index is 1.30. The molecule has 0 saturated heterocycles. The predicted octanol–water partition coefficient (Wildman–Crippen LogP) is 8.05. The number of carbonyl (C=O) groups is 2. The summed E-state index contributed by atoms with van der Waals surface area (Å²) in [6, 6.07) is 19.9. The van der Waals surface area contributed by atoms with Gasteiger partial charge in [-0.15, -0.1) is 0 Å². The molecule has 1 spiro atoms. The van der Waals surface area contributed by atoms with Gasteiger partial charge < -0.3 is 14.2 Å². The first-order valence-corrected chi connectivity index (χ1v) is 19.6. The number of benzene rings is 3. The van der Waals surface area contributed by atoms with Crippen LogP contribution in [0, 0.1) is 22.7 Å². The molecular formula is C41H50N2O7S. The highest BCUT2D eigenvalue weighted by molar-refractivity contribution is 7.89. The van der Waals surface area contributed by atoms with Crippen LogP contribution in [0.25, 0.3) is 0 Å². The summed E-state index contributed by atoms with van der Waals surface area (Å²) in [4.78, 5) is 28.7. The van der Waals surface area contributed by atoms with Crippen LogP contribution >= 0.6 is 0 Å². The summed E-state index contributed by atoms with van der Waals surface area (Å²) in [6.45, 7) is 14.7. The van der Waals surface area contributed by atoms with Crippen LogP contribution in [0.4, 0.5) is 4.79 Å². The van der Waals surface area contributed by atoms with E-state index in [1.54, 1.807) is 51.1 Å². The summed E-state index contributed by atoms with van der Waals surface area (Å²) in [5, 5.41) is 0. The molecule has 3 aromatic carbocycles. The second kappa shape index (κ2) is 12.4. The van der Waals surface area contributed by atoms with Crippen molar-refractivity contribution in [1.82, 2.24) is 9.62 Å². The Bertz CT molecular complexity index is 1960. The molecule has 0 bridgehead atoms. The molecule has 272 valence electrons. The number of hydrogen-bond donors (Lipinski definition) is 1. The molecule has 2 saturated carbocycles. The molecule has 3 aromatic rings. The predicted molar refractivity (Wildman–Crippen MR) is 194 cm³/mol. The van der Waals surface area contributed by atoms with Crippen LogP contribution in [0.15, 0.2) is 71.6 Å². The van der Waals surface area contributed by atoms with Gasteiger partial charge in [0.25, 0.3) is 5.91 Å². The van der Waals surface area contributed by atoms with Crippen LogP contribution in [0.5, 0.6) is 11.5 Å². The number of amides is 2. The fourth-order valence-electron chi connectivity index (χ4n) is 9.43. The van der Waals surface area contributed by atoms with E-state index in [2.05, 4.69) is 32.4 Å². The van der Waals surface area contributed by atoms with Crippen LogP contribution in [-0.4, -0.2) is 42.6 Å². The standard InChI is InChI=1S/C41H50N2O7S/c1-26-18-19-33-39(5,6)34(42-51(46,47)28-16-12-9-13-17-28)20-21-41(33)40(26,7)23-30-32(48-25-27-14-10-8-11-15-27)22-29-31(35(30)49-41)24-43(36(29)44)37(45)50-38(2,3)4/h8-17,22,26,33-34,42H,18-21,23-25H2,1-7H3/t26-,33-,34-,40+,41-/m0/s1. The van der Waals surface area contributed by atoms with E-state index < -0.39 is 38.6 Å². The normalized spacial score (nSPS) is 28.1. The first-order valence-electron chi connectivity index (χ1n) is 18.1. The number of rotatable bonds is 6. The van der Waals surface area contributed by atoms with E-state index >= 15 is 0 Å². The van der Waals surface area contributed by atoms with Crippen LogP contribution in [-0.2, 0) is 34.3 Å². The van der Waals surface area contributed by atoms with Gasteiger partial charge in [-0.1, -0.05) is 76.2 Å². The number of hydrogen-bond acceptors (Lipinski definition) is 7. The van der Waals surface area contributed by atoms with Crippen molar-refractivity contribution in [3.05, 3.63) is 89.0 Å². The summed E-state index contributed by atoms with van der Waals surface area (Å²) < 4.78 is 50.0. The molecule has 0 radical (unpaired) electrons. The lowest BCUT2D eigenvalue weighted by molar-refractivity contribution is -0.215. The number of nitrogens with one attached hydrogen (secondary N) is 1. The van der Waals surface area contributed by atoms with Gasteiger partial charge >= 0.3 is 6.09 Å². The minimum atomic E-state index is -3.75. The van der Waals surface area contributed by atoms with E-state index in [1.165, 1.54) is 0 Å². The van der Waals surface area contributed by atoms with Crippen LogP contribution < -0.4 is 14.2 Å². The van der Waals surface area contributed by atoms with Crippen molar-refractivity contribution in [2.75, 3.05) is 0 Å². The van der Waals surface area contributed by atoms with E-state index in [1.807, 2.05) is 36.4 Å². The Morgan fingerprint density at radius 2 is 1.65 bits per heavy atom. The zero-order valence-corrected chi connectivity index (χ0v) is 31.6. The molecule has 2 aliphatic heterocycles. The van der Waals surface area contributed by atoms with Crippen LogP contribution in [0.1, 0.15) is 101 Å². The lowest BCUT2D eigenvalue weighted by Gasteiger charge is -2.67. The highest BCUT2D eigenvalue weighted by Gasteiger charge is 2.68. The lowest BCUT2D eigenvalue weighted by Crippen LogP contribution is -2.71. The van der Waals surface area contributed by atoms with E-state index in [0.717, 1.165) is 28.9 Å². The van der Waals surface area contributed by atoms with Crippen LogP contribution in [0.2, 0.25) is 0 Å². The number of nitrogens with zero attached hydrogens (tertiary/aromatic N) is 1. The lowest BCUT2D eigenvalue weighted by atomic mass is 9.43. The molecule has 51 heavy (non-hydrogen) atoms. The number of sulfonamides is 1. The second-order valence-corrected chi connectivity index (χ2v) is 18.5. The molecule has 1 N–H and O–H groups in total. The molecule has 10 heteroatoms. The molecular weight excluding hydrogens is 665 g/mol. The zero-order valence-electron chi connectivity index (χ0n) is 30.7. The molecule has 2 amide bonds. The second-order valence-electron chi connectivity index (χ2n) is 16.8. The van der Waals surface area contributed by atoms with Crippen molar-refractivity contribution < 1.29 is 32.2 Å². The average Bonchev–Trinajstić information content (AvgIpc) is 3.41. The Morgan fingerprint density at radius 3 is 2.31 bits per heavy atom. The number of ether oxygens (including phenoxy) is 3. The first kappa shape index (κ1) is 35.5. The highest BCUT2D eigenvalue weighted by Crippen LogP contribution is 2.67. The molecule has 2 aliphatic carbocycles. The summed E-state index contributed by atoms with van der Waals surface area (Å²) in [5.41, 5.74) is 0.746. The van der Waals surface area contributed by atoms with E-state index in [4.69, 9.17) is 14.2 Å². The largest absolute Gasteiger partial charge is 0.488 e. The van der Waals surface area contributed by atoms with Crippen molar-refractivity contribution >= 4 is 22.0 Å². The third-order valence-electron chi connectivity index (χ3n) is 12.4. The van der Waals surface area contributed by atoms with Gasteiger partial charge in [0.15, 0.2) is 0 Å². The Labute approximate surface area is 302 Å². The molecule has 7 rings (SSSR count). The zero-order chi connectivity index (χ0) is 36.6. The van der Waals surface area contributed by atoms with E-state index in [0.29, 0.717) is 54.4 Å². The summed E-state index contributed by atoms with van der Waals surface area (Å²) in [7, 11) is -3.75. The van der Waals surface area contributed by atoms with Crippen LogP contribution in [0.3, 0.4) is 0 Å². The molecule has 0 unspecified atom stereocenters. The van der Waals surface area contributed by atoms with Gasteiger partial charge in [0.1, 0.15) is 29.3 Å². The summed E-state index contributed by atoms with van der Waals surface area (Å²) in [6.07, 6.45) is 3.03. The molecule has 2 heterocycles. The number of fused-ring (bicyclic) bond motifs is 3. The monoisotopic (exact) mass is 714 g/mol. The van der Waals surface area contributed by atoms with Crippen molar-refractivity contribution in [2.24, 2.45) is 22.7 Å². The maximum Gasteiger partial charge on any atom is 0.417 e. The quantitative estimate of drug-likeness (QED) is 0.275. The van der Waals surface area contributed by atoms with Gasteiger partial charge in [-0.05, 0) is 88.0 Å². The average molecular weight is 715 g/mol. The van der Waals surface area contributed by atoms with E-state index in [-0.39, 0.29) is 28.8 Å². The summed E-state index contributed by atoms with van der Waals surface area (Å²) in [5.74, 6) is 1.06. The van der Waals surface area contributed by atoms with Gasteiger partial charge in [0, 0.05) is 28.5 Å². The Hall–Kier alpha value is -3.89. The van der Waals surface area contributed by atoms with Crippen molar-refractivity contribution in [1.29, 1.82) is 0 Å². The molecule has 0 aromatic heterocycles.